The number of nitrogens with one attached hydrogen (secondary N) is 1. The Labute approximate surface area is 200 Å². The molecule has 1 saturated heterocycles. The maximum absolute atomic E-state index is 13.8. The third-order valence-corrected chi connectivity index (χ3v) is 6.36. The van der Waals surface area contributed by atoms with Gasteiger partial charge in [0.05, 0.1) is 20.1 Å². The molecule has 1 aliphatic heterocycles. The number of halogens is 1. The van der Waals surface area contributed by atoms with E-state index in [0.717, 1.165) is 18.5 Å². The zero-order chi connectivity index (χ0) is 24.1. The Hall–Kier alpha value is -3.38. The molecule has 1 N–H and O–H groups in total. The van der Waals surface area contributed by atoms with E-state index in [4.69, 9.17) is 9.47 Å². The number of benzene rings is 3. The number of carbonyl (C=O) groups is 1. The summed E-state index contributed by atoms with van der Waals surface area (Å²) in [5, 5.41) is 3.05. The van der Waals surface area contributed by atoms with E-state index in [1.807, 2.05) is 12.1 Å². The maximum atomic E-state index is 13.8. The van der Waals surface area contributed by atoms with E-state index < -0.39 is 0 Å². The van der Waals surface area contributed by atoms with Crippen LogP contribution in [0, 0.1) is 18.7 Å². The summed E-state index contributed by atoms with van der Waals surface area (Å²) in [4.78, 5) is 15.6. The van der Waals surface area contributed by atoms with Gasteiger partial charge in [0.1, 0.15) is 5.82 Å². The van der Waals surface area contributed by atoms with Gasteiger partial charge in [0.2, 0.25) is 5.91 Å². The number of methoxy groups -OCH3 is 2. The first-order valence-electron chi connectivity index (χ1n) is 11.5. The largest absolute Gasteiger partial charge is 0.493 e. The van der Waals surface area contributed by atoms with E-state index in [-0.39, 0.29) is 23.6 Å². The summed E-state index contributed by atoms with van der Waals surface area (Å²) in [5.74, 6) is 0.902. The van der Waals surface area contributed by atoms with E-state index in [1.165, 1.54) is 17.2 Å². The predicted octanol–water partition coefficient (Wildman–Crippen LogP) is 5.40. The van der Waals surface area contributed by atoms with Crippen molar-refractivity contribution in [1.29, 1.82) is 0 Å². The minimum atomic E-state index is -0.243. The van der Waals surface area contributed by atoms with E-state index in [2.05, 4.69) is 41.4 Å². The molecule has 3 aromatic rings. The number of anilines is 1. The van der Waals surface area contributed by atoms with Crippen molar-refractivity contribution in [2.24, 2.45) is 5.92 Å². The van der Waals surface area contributed by atoms with Crippen LogP contribution in [0.5, 0.6) is 11.5 Å². The van der Waals surface area contributed by atoms with Crippen LogP contribution in [-0.2, 0) is 11.3 Å². The van der Waals surface area contributed by atoms with Gasteiger partial charge in [0.15, 0.2) is 11.5 Å². The van der Waals surface area contributed by atoms with Crippen LogP contribution >= 0.6 is 0 Å². The Morgan fingerprint density at radius 3 is 2.53 bits per heavy atom. The molecular weight excluding hydrogens is 431 g/mol. The fourth-order valence-corrected chi connectivity index (χ4v) is 4.73. The summed E-state index contributed by atoms with van der Waals surface area (Å²) >= 11 is 0. The minimum absolute atomic E-state index is 0.0335. The van der Waals surface area contributed by atoms with Gasteiger partial charge in [-0.05, 0) is 54.7 Å². The van der Waals surface area contributed by atoms with Crippen LogP contribution in [0.1, 0.15) is 29.0 Å². The lowest BCUT2D eigenvalue weighted by atomic mass is 9.83. The van der Waals surface area contributed by atoms with Crippen molar-refractivity contribution < 1.29 is 18.7 Å². The van der Waals surface area contributed by atoms with Crippen LogP contribution in [-0.4, -0.2) is 38.1 Å². The zero-order valence-electron chi connectivity index (χ0n) is 19.9. The highest BCUT2D eigenvalue weighted by atomic mass is 19.1. The van der Waals surface area contributed by atoms with Crippen LogP contribution in [0.2, 0.25) is 0 Å². The number of nitrogens with zero attached hydrogens (tertiary/aromatic N) is 1. The normalized spacial score (nSPS) is 18.4. The van der Waals surface area contributed by atoms with E-state index in [9.17, 15) is 9.18 Å². The van der Waals surface area contributed by atoms with Gasteiger partial charge in [-0.2, -0.15) is 0 Å². The Morgan fingerprint density at radius 1 is 1.00 bits per heavy atom. The molecule has 4 rings (SSSR count). The van der Waals surface area contributed by atoms with E-state index in [0.29, 0.717) is 30.3 Å². The fraction of sp³-hybridized carbons (Fsp3) is 0.321. The SMILES string of the molecule is COc1ccc(NC(=O)C2CC(c3cccc(C)c3)CN(Cc3cccc(F)c3)C2)cc1OC. The first-order chi connectivity index (χ1) is 16.4. The second-order valence-corrected chi connectivity index (χ2v) is 8.93. The molecule has 0 aliphatic carbocycles. The molecule has 1 heterocycles. The van der Waals surface area contributed by atoms with Gasteiger partial charge in [-0.1, -0.05) is 42.0 Å². The van der Waals surface area contributed by atoms with Crippen LogP contribution < -0.4 is 14.8 Å². The number of rotatable bonds is 7. The van der Waals surface area contributed by atoms with Crippen LogP contribution in [0.3, 0.4) is 0 Å². The summed E-state index contributed by atoms with van der Waals surface area (Å²) in [5.41, 5.74) is 4.00. The molecule has 0 bridgehead atoms. The molecule has 0 radical (unpaired) electrons. The Morgan fingerprint density at radius 2 is 1.79 bits per heavy atom. The van der Waals surface area contributed by atoms with Gasteiger partial charge in [-0.15, -0.1) is 0 Å². The first kappa shape index (κ1) is 23.8. The monoisotopic (exact) mass is 462 g/mol. The topological polar surface area (TPSA) is 50.8 Å². The molecule has 1 amide bonds. The van der Waals surface area contributed by atoms with E-state index in [1.54, 1.807) is 38.5 Å². The van der Waals surface area contributed by atoms with E-state index >= 15 is 0 Å². The van der Waals surface area contributed by atoms with Crippen molar-refractivity contribution in [3.05, 3.63) is 89.2 Å². The van der Waals surface area contributed by atoms with Gasteiger partial charge in [0, 0.05) is 31.4 Å². The molecule has 1 fully saturated rings. The highest BCUT2D eigenvalue weighted by molar-refractivity contribution is 5.93. The lowest BCUT2D eigenvalue weighted by molar-refractivity contribution is -0.121. The number of aryl methyl sites for hydroxylation is 1. The molecule has 0 spiro atoms. The molecule has 34 heavy (non-hydrogen) atoms. The molecule has 5 nitrogen and oxygen atoms in total. The molecule has 178 valence electrons. The maximum Gasteiger partial charge on any atom is 0.228 e. The van der Waals surface area contributed by atoms with Gasteiger partial charge >= 0.3 is 0 Å². The second kappa shape index (κ2) is 10.7. The lowest BCUT2D eigenvalue weighted by Crippen LogP contribution is -2.43. The lowest BCUT2D eigenvalue weighted by Gasteiger charge is -2.37. The average Bonchev–Trinajstić information content (AvgIpc) is 2.83. The van der Waals surface area contributed by atoms with Crippen molar-refractivity contribution in [3.8, 4) is 11.5 Å². The number of likely N-dealkylation sites (tertiary alicyclic amines) is 1. The molecule has 1 aliphatic rings. The molecule has 3 aromatic carbocycles. The molecule has 0 aromatic heterocycles. The minimum Gasteiger partial charge on any atom is -0.493 e. The third kappa shape index (κ3) is 5.75. The zero-order valence-corrected chi connectivity index (χ0v) is 19.9. The summed E-state index contributed by atoms with van der Waals surface area (Å²) in [6, 6.07) is 20.5. The van der Waals surface area contributed by atoms with Crippen molar-refractivity contribution in [3.63, 3.8) is 0 Å². The molecule has 2 unspecified atom stereocenters. The van der Waals surface area contributed by atoms with Gasteiger partial charge < -0.3 is 14.8 Å². The standard InChI is InChI=1S/C28H31FN2O3/c1-19-6-4-8-21(12-19)22-14-23(18-31(17-22)16-20-7-5-9-24(29)13-20)28(32)30-25-10-11-26(33-2)27(15-25)34-3/h4-13,15,22-23H,14,16-18H2,1-3H3,(H,30,32). The Balaban J connectivity index is 1.55. The highest BCUT2D eigenvalue weighted by Crippen LogP contribution is 2.34. The molecule has 0 saturated carbocycles. The van der Waals surface area contributed by atoms with Gasteiger partial charge in [-0.3, -0.25) is 9.69 Å². The summed E-state index contributed by atoms with van der Waals surface area (Å²) in [6.07, 6.45) is 0.752. The summed E-state index contributed by atoms with van der Waals surface area (Å²) < 4.78 is 24.4. The Bertz CT molecular complexity index is 1150. The van der Waals surface area contributed by atoms with Crippen LogP contribution in [0.15, 0.2) is 66.7 Å². The van der Waals surface area contributed by atoms with Crippen LogP contribution in [0.25, 0.3) is 0 Å². The van der Waals surface area contributed by atoms with Crippen molar-refractivity contribution >= 4 is 11.6 Å². The number of amides is 1. The third-order valence-electron chi connectivity index (χ3n) is 6.36. The quantitative estimate of drug-likeness (QED) is 0.511. The number of ether oxygens (including phenoxy) is 2. The first-order valence-corrected chi connectivity index (χ1v) is 11.5. The smallest absolute Gasteiger partial charge is 0.228 e. The number of piperidine rings is 1. The number of hydrogen-bond donors (Lipinski definition) is 1. The summed E-state index contributed by atoms with van der Waals surface area (Å²) in [7, 11) is 3.15. The number of carbonyl (C=O) groups excluding carboxylic acids is 1. The fourth-order valence-electron chi connectivity index (χ4n) is 4.73. The highest BCUT2D eigenvalue weighted by Gasteiger charge is 2.32. The van der Waals surface area contributed by atoms with Gasteiger partial charge in [0.25, 0.3) is 0 Å². The van der Waals surface area contributed by atoms with Gasteiger partial charge in [-0.25, -0.2) is 4.39 Å². The average molecular weight is 463 g/mol. The predicted molar refractivity (Wildman–Crippen MR) is 132 cm³/mol. The number of hydrogen-bond acceptors (Lipinski definition) is 4. The van der Waals surface area contributed by atoms with Crippen molar-refractivity contribution in [2.45, 2.75) is 25.8 Å². The van der Waals surface area contributed by atoms with Crippen molar-refractivity contribution in [2.75, 3.05) is 32.6 Å². The molecular formula is C28H31FN2O3. The molecule has 6 heteroatoms. The Kier molecular flexibility index (Phi) is 7.48. The molecule has 2 atom stereocenters. The summed E-state index contributed by atoms with van der Waals surface area (Å²) in [6.45, 7) is 4.11. The van der Waals surface area contributed by atoms with Crippen molar-refractivity contribution in [1.82, 2.24) is 4.90 Å². The van der Waals surface area contributed by atoms with Crippen LogP contribution in [0.4, 0.5) is 10.1 Å². The second-order valence-electron chi connectivity index (χ2n) is 8.93.